The number of hydrogen-bond donors (Lipinski definition) is 3. The van der Waals surface area contributed by atoms with Crippen LogP contribution in [0.5, 0.6) is 5.75 Å². The predicted molar refractivity (Wildman–Crippen MR) is 128 cm³/mol. The number of carbonyl (C=O) groups excluding carboxylic acids is 3. The fourth-order valence-corrected chi connectivity index (χ4v) is 5.22. The third-order valence-corrected chi connectivity index (χ3v) is 7.70. The molecule has 3 fully saturated rings. The van der Waals surface area contributed by atoms with Crippen molar-refractivity contribution < 1.29 is 33.0 Å². The Kier molecular flexibility index (Phi) is 7.54. The fourth-order valence-electron chi connectivity index (χ4n) is 4.99. The van der Waals surface area contributed by atoms with E-state index in [1.54, 1.807) is 0 Å². The van der Waals surface area contributed by atoms with Gasteiger partial charge in [-0.15, -0.1) is 0 Å². The average molecular weight is 541 g/mol. The first-order valence-electron chi connectivity index (χ1n) is 11.4. The van der Waals surface area contributed by atoms with Gasteiger partial charge >= 0.3 is 0 Å². The van der Waals surface area contributed by atoms with Crippen molar-refractivity contribution in [3.05, 3.63) is 63.6 Å². The first-order chi connectivity index (χ1) is 17.0. The van der Waals surface area contributed by atoms with Crippen molar-refractivity contribution in [2.24, 2.45) is 5.41 Å². The number of ketones is 1. The highest BCUT2D eigenvalue weighted by Crippen LogP contribution is 2.52. The Morgan fingerprint density at radius 1 is 1.00 bits per heavy atom. The van der Waals surface area contributed by atoms with Crippen LogP contribution in [0.3, 0.4) is 0 Å². The molecule has 2 amide bonds. The molecule has 11 heteroatoms. The molecule has 0 saturated heterocycles. The van der Waals surface area contributed by atoms with Crippen LogP contribution in [-0.4, -0.2) is 47.5 Å². The monoisotopic (exact) mass is 540 g/mol. The van der Waals surface area contributed by atoms with Gasteiger partial charge in [0.05, 0.1) is 28.1 Å². The van der Waals surface area contributed by atoms with Crippen molar-refractivity contribution in [2.45, 2.75) is 43.7 Å². The summed E-state index contributed by atoms with van der Waals surface area (Å²) in [4.78, 5) is 37.9. The maximum Gasteiger partial charge on any atom is 0.258 e. The molecule has 0 heterocycles. The number of aliphatic hydroxyl groups is 1. The summed E-state index contributed by atoms with van der Waals surface area (Å²) in [6.45, 7) is -0.698. The van der Waals surface area contributed by atoms with Crippen LogP contribution in [0.25, 0.3) is 0 Å². The predicted octanol–water partition coefficient (Wildman–Crippen LogP) is 3.83. The van der Waals surface area contributed by atoms with Crippen molar-refractivity contribution in [3.8, 4) is 5.75 Å². The van der Waals surface area contributed by atoms with Crippen LogP contribution in [0.15, 0.2) is 36.4 Å². The summed E-state index contributed by atoms with van der Waals surface area (Å²) >= 11 is 11.3. The molecule has 3 N–H and O–H groups in total. The van der Waals surface area contributed by atoms with Crippen LogP contribution in [0.4, 0.5) is 8.78 Å². The molecule has 2 aromatic carbocycles. The van der Waals surface area contributed by atoms with Crippen molar-refractivity contribution in [1.82, 2.24) is 10.6 Å². The lowest BCUT2D eigenvalue weighted by Gasteiger charge is -2.55. The maximum atomic E-state index is 13.6. The molecule has 5 rings (SSSR count). The zero-order valence-electron chi connectivity index (χ0n) is 19.1. The maximum absolute atomic E-state index is 13.6. The Morgan fingerprint density at radius 3 is 2.25 bits per heavy atom. The number of ether oxygens (including phenoxy) is 1. The van der Waals surface area contributed by atoms with Gasteiger partial charge in [-0.1, -0.05) is 23.2 Å². The summed E-state index contributed by atoms with van der Waals surface area (Å²) in [5, 5.41) is 16.2. The summed E-state index contributed by atoms with van der Waals surface area (Å²) < 4.78 is 32.5. The lowest BCUT2D eigenvalue weighted by molar-refractivity contribution is -0.156. The molecule has 3 saturated carbocycles. The molecule has 1 atom stereocenters. The van der Waals surface area contributed by atoms with Crippen LogP contribution in [-0.2, 0) is 9.59 Å². The third kappa shape index (κ3) is 5.33. The van der Waals surface area contributed by atoms with E-state index >= 15 is 0 Å². The van der Waals surface area contributed by atoms with Gasteiger partial charge in [0.15, 0.2) is 12.4 Å². The van der Waals surface area contributed by atoms with Gasteiger partial charge in [-0.25, -0.2) is 8.78 Å². The normalized spacial score (nSPS) is 24.8. The molecule has 36 heavy (non-hydrogen) atoms. The minimum atomic E-state index is -1.07. The summed E-state index contributed by atoms with van der Waals surface area (Å²) in [6, 6.07) is 7.51. The van der Waals surface area contributed by atoms with Gasteiger partial charge in [0.25, 0.3) is 5.91 Å². The van der Waals surface area contributed by atoms with Crippen LogP contribution in [0, 0.1) is 17.0 Å². The molecule has 0 unspecified atom stereocenters. The van der Waals surface area contributed by atoms with E-state index in [9.17, 15) is 28.3 Å². The van der Waals surface area contributed by atoms with E-state index in [1.165, 1.54) is 24.3 Å². The van der Waals surface area contributed by atoms with E-state index in [-0.39, 0.29) is 40.9 Å². The first-order valence-corrected chi connectivity index (χ1v) is 12.1. The SMILES string of the molecule is O=C(COc1ccc(Cl)c(F)c1)NC12CCC(C(=O)NCC(=O)c3ccc(Cl)c(F)c3)(CC1)[C@H](O)C2. The molecule has 0 aromatic heterocycles. The Hall–Kier alpha value is -2.75. The number of halogens is 4. The van der Waals surface area contributed by atoms with E-state index < -0.39 is 46.3 Å². The van der Waals surface area contributed by atoms with Gasteiger partial charge in [-0.3, -0.25) is 14.4 Å². The van der Waals surface area contributed by atoms with E-state index in [0.29, 0.717) is 25.7 Å². The van der Waals surface area contributed by atoms with E-state index in [2.05, 4.69) is 10.6 Å². The Morgan fingerprint density at radius 2 is 1.64 bits per heavy atom. The van der Waals surface area contributed by atoms with Crippen molar-refractivity contribution in [3.63, 3.8) is 0 Å². The minimum absolute atomic E-state index is 0.0557. The van der Waals surface area contributed by atoms with Gasteiger partial charge < -0.3 is 20.5 Å². The van der Waals surface area contributed by atoms with Crippen molar-refractivity contribution >= 4 is 40.8 Å². The molecule has 7 nitrogen and oxygen atoms in total. The second-order valence-corrected chi connectivity index (χ2v) is 10.1. The molecule has 192 valence electrons. The van der Waals surface area contributed by atoms with Crippen molar-refractivity contribution in [2.75, 3.05) is 13.2 Å². The number of amides is 2. The zero-order valence-corrected chi connectivity index (χ0v) is 20.6. The number of fused-ring (bicyclic) bond motifs is 3. The molecular formula is C25H24Cl2F2N2O5. The molecule has 0 aliphatic heterocycles. The van der Waals surface area contributed by atoms with Crippen LogP contribution < -0.4 is 15.4 Å². The number of rotatable bonds is 8. The molecule has 0 spiro atoms. The molecular weight excluding hydrogens is 517 g/mol. The zero-order chi connectivity index (χ0) is 26.1. The lowest BCUT2D eigenvalue weighted by atomic mass is 9.55. The largest absolute Gasteiger partial charge is 0.484 e. The number of nitrogens with one attached hydrogen (secondary N) is 2. The van der Waals surface area contributed by atoms with Gasteiger partial charge in [0.2, 0.25) is 5.91 Å². The standard InChI is InChI=1S/C25H24Cl2F2N2O5/c26-16-3-1-14(9-18(16)28)20(32)12-30-23(35)25-7-5-24(6-8-25,11-21(25)33)31-22(34)13-36-15-2-4-17(27)19(29)10-15/h1-4,9-10,21,33H,5-8,11-13H2,(H,30,35)(H,31,34)/t21-,24?,25?/m1/s1. The molecule has 3 aliphatic carbocycles. The van der Waals surface area contributed by atoms with Gasteiger partial charge in [0, 0.05) is 17.2 Å². The number of aliphatic hydroxyl groups excluding tert-OH is 1. The Bertz CT molecular complexity index is 1200. The Balaban J connectivity index is 1.31. The molecule has 2 bridgehead atoms. The minimum Gasteiger partial charge on any atom is -0.484 e. The second kappa shape index (κ2) is 10.3. The Labute approximate surface area is 216 Å². The van der Waals surface area contributed by atoms with Crippen LogP contribution >= 0.6 is 23.2 Å². The van der Waals surface area contributed by atoms with Crippen LogP contribution in [0.1, 0.15) is 42.5 Å². The third-order valence-electron chi connectivity index (χ3n) is 7.09. The van der Waals surface area contributed by atoms with Gasteiger partial charge in [-0.2, -0.15) is 0 Å². The number of carbonyl (C=O) groups is 3. The van der Waals surface area contributed by atoms with Gasteiger partial charge in [-0.05, 0) is 62.4 Å². The fraction of sp³-hybridized carbons (Fsp3) is 0.400. The summed E-state index contributed by atoms with van der Waals surface area (Å²) in [7, 11) is 0. The van der Waals surface area contributed by atoms with Crippen LogP contribution in [0.2, 0.25) is 10.0 Å². The highest BCUT2D eigenvalue weighted by Gasteiger charge is 2.58. The van der Waals surface area contributed by atoms with Gasteiger partial charge in [0.1, 0.15) is 17.4 Å². The molecule has 0 radical (unpaired) electrons. The van der Waals surface area contributed by atoms with E-state index in [1.807, 2.05) is 0 Å². The highest BCUT2D eigenvalue weighted by atomic mass is 35.5. The number of hydrogen-bond acceptors (Lipinski definition) is 5. The van der Waals surface area contributed by atoms with Crippen molar-refractivity contribution in [1.29, 1.82) is 0 Å². The summed E-state index contributed by atoms with van der Waals surface area (Å²) in [5.41, 5.74) is -1.69. The smallest absolute Gasteiger partial charge is 0.258 e. The molecule has 2 aromatic rings. The highest BCUT2D eigenvalue weighted by molar-refractivity contribution is 6.31. The summed E-state index contributed by atoms with van der Waals surface area (Å²) in [5.74, 6) is -2.61. The number of benzene rings is 2. The molecule has 3 aliphatic rings. The summed E-state index contributed by atoms with van der Waals surface area (Å²) in [6.07, 6.45) is 0.665. The average Bonchev–Trinajstić information content (AvgIpc) is 2.85. The van der Waals surface area contributed by atoms with E-state index in [0.717, 1.165) is 12.1 Å². The van der Waals surface area contributed by atoms with E-state index in [4.69, 9.17) is 27.9 Å². The quantitative estimate of drug-likeness (QED) is 0.441. The second-order valence-electron chi connectivity index (χ2n) is 9.30. The lowest BCUT2D eigenvalue weighted by Crippen LogP contribution is -2.66. The first kappa shape index (κ1) is 26.3. The number of Topliss-reactive ketones (excluding diaryl/α,β-unsaturated/α-hetero) is 1. The topological polar surface area (TPSA) is 105 Å².